The van der Waals surface area contributed by atoms with Crippen molar-refractivity contribution in [3.05, 3.63) is 151 Å². The van der Waals surface area contributed by atoms with Crippen molar-refractivity contribution in [3.63, 3.8) is 0 Å². The first-order valence-corrected chi connectivity index (χ1v) is 14.9. The van der Waals surface area contributed by atoms with Crippen molar-refractivity contribution in [1.29, 1.82) is 0 Å². The number of thiophene rings is 1. The molecule has 0 radical (unpaired) electrons. The molecule has 194 valence electrons. The lowest BCUT2D eigenvalue weighted by Gasteiger charge is -2.29. The first-order chi connectivity index (χ1) is 20.3. The number of hydrogen-bond donors (Lipinski definition) is 0. The van der Waals surface area contributed by atoms with Gasteiger partial charge < -0.3 is 4.90 Å². The van der Waals surface area contributed by atoms with Gasteiger partial charge in [-0.2, -0.15) is 0 Å². The summed E-state index contributed by atoms with van der Waals surface area (Å²) in [6, 6.07) is 52.1. The van der Waals surface area contributed by atoms with Crippen molar-refractivity contribution in [3.8, 4) is 11.1 Å². The molecule has 0 unspecified atom stereocenters. The summed E-state index contributed by atoms with van der Waals surface area (Å²) in [4.78, 5) is 2.47. The number of rotatable bonds is 4. The summed E-state index contributed by atoms with van der Waals surface area (Å²) in [5.74, 6) is 0. The number of nitrogens with zero attached hydrogens (tertiary/aromatic N) is 1. The van der Waals surface area contributed by atoms with Gasteiger partial charge in [-0.15, -0.1) is 11.3 Å². The highest BCUT2D eigenvalue weighted by atomic mass is 35.5. The second kappa shape index (κ2) is 9.78. The van der Waals surface area contributed by atoms with Crippen molar-refractivity contribution in [2.45, 2.75) is 0 Å². The topological polar surface area (TPSA) is 3.24 Å². The van der Waals surface area contributed by atoms with Crippen LogP contribution < -0.4 is 4.90 Å². The van der Waals surface area contributed by atoms with E-state index in [0.29, 0.717) is 0 Å². The van der Waals surface area contributed by atoms with Gasteiger partial charge in [0.25, 0.3) is 0 Å². The van der Waals surface area contributed by atoms with Crippen molar-refractivity contribution in [2.75, 3.05) is 4.90 Å². The van der Waals surface area contributed by atoms with Gasteiger partial charge in [0.05, 0.1) is 21.8 Å². The van der Waals surface area contributed by atoms with Gasteiger partial charge in [-0.25, -0.2) is 0 Å². The average Bonchev–Trinajstić information content (AvgIpc) is 3.42. The molecule has 0 atom stereocenters. The minimum atomic E-state index is 0.745. The van der Waals surface area contributed by atoms with Gasteiger partial charge in [0.2, 0.25) is 0 Å². The summed E-state index contributed by atoms with van der Waals surface area (Å²) in [6.45, 7) is 0. The average molecular weight is 562 g/mol. The Hall–Kier alpha value is -4.63. The van der Waals surface area contributed by atoms with Crippen LogP contribution in [0.1, 0.15) is 0 Å². The van der Waals surface area contributed by atoms with E-state index in [0.717, 1.165) is 22.0 Å². The number of anilines is 3. The molecule has 0 saturated carbocycles. The molecule has 3 heteroatoms. The molecule has 0 fully saturated rings. The molecular formula is C38H24ClNS. The Bertz CT molecular complexity index is 2140. The van der Waals surface area contributed by atoms with Gasteiger partial charge in [-0.1, -0.05) is 121 Å². The first kappa shape index (κ1) is 24.2. The van der Waals surface area contributed by atoms with Crippen LogP contribution in [0.15, 0.2) is 146 Å². The second-order valence-corrected chi connectivity index (χ2v) is 11.8. The smallest absolute Gasteiger partial charge is 0.0641 e. The minimum Gasteiger partial charge on any atom is -0.308 e. The summed E-state index contributed by atoms with van der Waals surface area (Å²) in [5, 5.41) is 8.18. The van der Waals surface area contributed by atoms with E-state index in [4.69, 9.17) is 11.6 Å². The molecule has 1 nitrogen and oxygen atoms in total. The lowest BCUT2D eigenvalue weighted by molar-refractivity contribution is 1.33. The van der Waals surface area contributed by atoms with Crippen LogP contribution in [0.3, 0.4) is 0 Å². The predicted octanol–water partition coefficient (Wildman–Crippen LogP) is 12.2. The molecule has 1 heterocycles. The molecule has 0 spiro atoms. The molecule has 0 N–H and O–H groups in total. The summed E-state index contributed by atoms with van der Waals surface area (Å²) in [5.41, 5.74) is 5.88. The Morgan fingerprint density at radius 2 is 1.02 bits per heavy atom. The van der Waals surface area contributed by atoms with Gasteiger partial charge in [-0.3, -0.25) is 0 Å². The fraction of sp³-hybridized carbons (Fsp3) is 0. The van der Waals surface area contributed by atoms with Crippen molar-refractivity contribution >= 4 is 81.7 Å². The van der Waals surface area contributed by atoms with Gasteiger partial charge in [0, 0.05) is 31.3 Å². The summed E-state index contributed by atoms with van der Waals surface area (Å²) >= 11 is 8.15. The highest BCUT2D eigenvalue weighted by Gasteiger charge is 2.23. The third-order valence-corrected chi connectivity index (χ3v) is 9.36. The highest BCUT2D eigenvalue weighted by Crippen LogP contribution is 2.50. The van der Waals surface area contributed by atoms with Gasteiger partial charge in [0.1, 0.15) is 0 Å². The molecule has 0 aliphatic heterocycles. The van der Waals surface area contributed by atoms with Gasteiger partial charge in [-0.05, 0) is 58.3 Å². The molecule has 0 saturated heterocycles. The summed E-state index contributed by atoms with van der Waals surface area (Å²) < 4.78 is 2.54. The maximum absolute atomic E-state index is 6.28. The molecule has 0 bridgehead atoms. The van der Waals surface area contributed by atoms with Crippen molar-refractivity contribution < 1.29 is 0 Å². The number of hydrogen-bond acceptors (Lipinski definition) is 2. The standard InChI is InChI=1S/C38H24ClNS/c39-28-21-19-27(20-22-28)31-23-24-35(38-37(31)32-15-5-6-18-36(32)41-38)40(33-16-7-11-25-9-1-3-13-29(25)33)34-17-8-12-26-10-2-4-14-30(26)34/h1-24H. The lowest BCUT2D eigenvalue weighted by Crippen LogP contribution is -2.11. The van der Waals surface area contributed by atoms with Crippen LogP contribution >= 0.6 is 22.9 Å². The number of benzene rings is 7. The summed E-state index contributed by atoms with van der Waals surface area (Å²) in [7, 11) is 0. The van der Waals surface area contributed by atoms with E-state index >= 15 is 0 Å². The predicted molar refractivity (Wildman–Crippen MR) is 179 cm³/mol. The largest absolute Gasteiger partial charge is 0.308 e. The van der Waals surface area contributed by atoms with E-state index in [2.05, 4.69) is 138 Å². The Morgan fingerprint density at radius 1 is 0.463 bits per heavy atom. The van der Waals surface area contributed by atoms with Crippen LogP contribution in [0.4, 0.5) is 17.1 Å². The van der Waals surface area contributed by atoms with Crippen molar-refractivity contribution in [2.24, 2.45) is 0 Å². The number of halogens is 1. The zero-order valence-electron chi connectivity index (χ0n) is 22.1. The maximum atomic E-state index is 6.28. The molecule has 8 aromatic rings. The van der Waals surface area contributed by atoms with Crippen LogP contribution in [0.5, 0.6) is 0 Å². The zero-order valence-corrected chi connectivity index (χ0v) is 23.7. The van der Waals surface area contributed by atoms with Gasteiger partial charge >= 0.3 is 0 Å². The third kappa shape index (κ3) is 3.99. The van der Waals surface area contributed by atoms with Crippen LogP contribution in [0.2, 0.25) is 5.02 Å². The fourth-order valence-electron chi connectivity index (χ4n) is 6.06. The Balaban J connectivity index is 1.50. The molecule has 1 aromatic heterocycles. The zero-order chi connectivity index (χ0) is 27.3. The van der Waals surface area contributed by atoms with E-state index in [1.54, 1.807) is 0 Å². The summed E-state index contributed by atoms with van der Waals surface area (Å²) in [6.07, 6.45) is 0. The van der Waals surface area contributed by atoms with E-state index in [-0.39, 0.29) is 0 Å². The van der Waals surface area contributed by atoms with Crippen molar-refractivity contribution in [1.82, 2.24) is 0 Å². The van der Waals surface area contributed by atoms with Gasteiger partial charge in [0.15, 0.2) is 0 Å². The van der Waals surface area contributed by atoms with Crippen LogP contribution in [-0.4, -0.2) is 0 Å². The normalized spacial score (nSPS) is 11.5. The maximum Gasteiger partial charge on any atom is 0.0641 e. The Kier molecular flexibility index (Phi) is 5.77. The lowest BCUT2D eigenvalue weighted by atomic mass is 9.97. The molecule has 0 aliphatic carbocycles. The van der Waals surface area contributed by atoms with E-state index in [1.165, 1.54) is 53.0 Å². The number of fused-ring (bicyclic) bond motifs is 5. The molecular weight excluding hydrogens is 538 g/mol. The Morgan fingerprint density at radius 3 is 1.68 bits per heavy atom. The van der Waals surface area contributed by atoms with E-state index in [1.807, 2.05) is 23.5 Å². The molecule has 7 aromatic carbocycles. The van der Waals surface area contributed by atoms with Crippen LogP contribution in [0.25, 0.3) is 52.8 Å². The van der Waals surface area contributed by atoms with Crippen LogP contribution in [0, 0.1) is 0 Å². The molecule has 41 heavy (non-hydrogen) atoms. The fourth-order valence-corrected chi connectivity index (χ4v) is 7.41. The second-order valence-electron chi connectivity index (χ2n) is 10.3. The molecule has 0 amide bonds. The molecule has 8 rings (SSSR count). The third-order valence-electron chi connectivity index (χ3n) is 7.92. The SMILES string of the molecule is Clc1ccc(-c2ccc(N(c3cccc4ccccc34)c3cccc4ccccc34)c3sc4ccccc4c23)cc1. The van der Waals surface area contributed by atoms with E-state index < -0.39 is 0 Å². The Labute approximate surface area is 247 Å². The monoisotopic (exact) mass is 561 g/mol. The van der Waals surface area contributed by atoms with E-state index in [9.17, 15) is 0 Å². The highest BCUT2D eigenvalue weighted by molar-refractivity contribution is 7.26. The quantitative estimate of drug-likeness (QED) is 0.206. The molecule has 0 aliphatic rings. The minimum absolute atomic E-state index is 0.745. The van der Waals surface area contributed by atoms with Crippen LogP contribution in [-0.2, 0) is 0 Å². The first-order valence-electron chi connectivity index (χ1n) is 13.7.